The second kappa shape index (κ2) is 9.15. The van der Waals surface area contributed by atoms with E-state index in [-0.39, 0.29) is 17.9 Å². The molecule has 25 heavy (non-hydrogen) atoms. The fourth-order valence-electron chi connectivity index (χ4n) is 3.42. The third-order valence-corrected chi connectivity index (χ3v) is 4.93. The summed E-state index contributed by atoms with van der Waals surface area (Å²) in [7, 11) is 1.44. The Labute approximate surface area is 149 Å². The number of carbonyl (C=O) groups excluding carboxylic acids is 1. The van der Waals surface area contributed by atoms with Crippen molar-refractivity contribution in [1.82, 2.24) is 20.7 Å². The Morgan fingerprint density at radius 3 is 2.60 bits per heavy atom. The minimum Gasteiger partial charge on any atom is -0.492 e. The summed E-state index contributed by atoms with van der Waals surface area (Å²) in [5, 5.41) is 0. The molecule has 1 aromatic carbocycles. The Morgan fingerprint density at radius 1 is 1.16 bits per heavy atom. The van der Waals surface area contributed by atoms with E-state index in [4.69, 9.17) is 9.47 Å². The number of hydrogen-bond donors (Lipinski definition) is 2. The number of methoxy groups -OCH3 is 1. The minimum absolute atomic E-state index is 0.188. The number of benzene rings is 1. The first-order valence-electron chi connectivity index (χ1n) is 8.95. The van der Waals surface area contributed by atoms with E-state index >= 15 is 0 Å². The Hall–Kier alpha value is -1.67. The number of esters is 1. The Morgan fingerprint density at radius 2 is 1.88 bits per heavy atom. The molecule has 2 N–H and O–H groups in total. The van der Waals surface area contributed by atoms with Crippen molar-refractivity contribution in [3.63, 3.8) is 0 Å². The van der Waals surface area contributed by atoms with Crippen LogP contribution >= 0.6 is 0 Å². The predicted molar refractivity (Wildman–Crippen MR) is 95.2 cm³/mol. The number of hydrazine groups is 1. The van der Waals surface area contributed by atoms with Crippen LogP contribution in [0.25, 0.3) is 0 Å². The van der Waals surface area contributed by atoms with Crippen molar-refractivity contribution in [3.8, 4) is 5.75 Å². The average molecular weight is 348 g/mol. The van der Waals surface area contributed by atoms with Crippen molar-refractivity contribution < 1.29 is 14.3 Å². The lowest BCUT2D eigenvalue weighted by Gasteiger charge is -2.36. The third kappa shape index (κ3) is 5.15. The molecule has 2 fully saturated rings. The maximum Gasteiger partial charge on any atom is 0.324 e. The molecule has 0 spiro atoms. The molecule has 1 aromatic rings. The zero-order chi connectivity index (χ0) is 17.5. The Balaban J connectivity index is 1.35. The van der Waals surface area contributed by atoms with Gasteiger partial charge in [0.1, 0.15) is 18.4 Å². The van der Waals surface area contributed by atoms with Gasteiger partial charge in [-0.2, -0.15) is 0 Å². The smallest absolute Gasteiger partial charge is 0.324 e. The molecule has 7 nitrogen and oxygen atoms in total. The standard InChI is InChI=1S/C18H28N4O3/c1-24-18(23)17-15(13-19-20-17)14-22-9-7-21(8-10-22)11-12-25-16-5-3-2-4-6-16/h2-6,15,17,19-20H,7-14H2,1H3. The van der Waals surface area contributed by atoms with Crippen LogP contribution in [-0.2, 0) is 9.53 Å². The van der Waals surface area contributed by atoms with Gasteiger partial charge < -0.3 is 14.4 Å². The number of ether oxygens (including phenoxy) is 2. The molecule has 7 heteroatoms. The maximum absolute atomic E-state index is 11.8. The van der Waals surface area contributed by atoms with Crippen LogP contribution in [0.1, 0.15) is 0 Å². The van der Waals surface area contributed by atoms with Crippen molar-refractivity contribution in [1.29, 1.82) is 0 Å². The summed E-state index contributed by atoms with van der Waals surface area (Å²) >= 11 is 0. The Bertz CT molecular complexity index is 534. The number of carbonyl (C=O) groups is 1. The van der Waals surface area contributed by atoms with Gasteiger partial charge in [-0.15, -0.1) is 0 Å². The lowest BCUT2D eigenvalue weighted by Crippen LogP contribution is -2.50. The van der Waals surface area contributed by atoms with E-state index in [0.717, 1.165) is 51.6 Å². The van der Waals surface area contributed by atoms with E-state index in [9.17, 15) is 4.79 Å². The quantitative estimate of drug-likeness (QED) is 0.670. The van der Waals surface area contributed by atoms with E-state index in [1.807, 2.05) is 30.3 Å². The number of nitrogens with zero attached hydrogens (tertiary/aromatic N) is 2. The minimum atomic E-state index is -0.248. The van der Waals surface area contributed by atoms with Gasteiger partial charge in [-0.1, -0.05) is 18.2 Å². The van der Waals surface area contributed by atoms with Crippen LogP contribution < -0.4 is 15.6 Å². The van der Waals surface area contributed by atoms with Crippen molar-refractivity contribution in [2.45, 2.75) is 6.04 Å². The first-order chi connectivity index (χ1) is 12.3. The summed E-state index contributed by atoms with van der Waals surface area (Å²) in [6.45, 7) is 7.48. The van der Waals surface area contributed by atoms with Gasteiger partial charge in [0, 0.05) is 51.7 Å². The molecule has 0 bridgehead atoms. The summed E-state index contributed by atoms with van der Waals surface area (Å²) in [5.74, 6) is 0.989. The van der Waals surface area contributed by atoms with Gasteiger partial charge in [-0.3, -0.25) is 15.1 Å². The van der Waals surface area contributed by atoms with E-state index < -0.39 is 0 Å². The lowest BCUT2D eigenvalue weighted by atomic mass is 10.0. The first-order valence-corrected chi connectivity index (χ1v) is 8.95. The van der Waals surface area contributed by atoms with Gasteiger partial charge in [-0.25, -0.2) is 5.43 Å². The number of hydrogen-bond acceptors (Lipinski definition) is 7. The van der Waals surface area contributed by atoms with E-state index in [1.165, 1.54) is 7.11 Å². The summed E-state index contributed by atoms with van der Waals surface area (Å²) in [6.07, 6.45) is 0. The third-order valence-electron chi connectivity index (χ3n) is 4.93. The molecule has 0 saturated carbocycles. The maximum atomic E-state index is 11.8. The molecule has 2 atom stereocenters. The van der Waals surface area contributed by atoms with Crippen LogP contribution in [0.5, 0.6) is 5.75 Å². The molecule has 0 aliphatic carbocycles. The number of rotatable bonds is 7. The monoisotopic (exact) mass is 348 g/mol. The molecule has 2 aliphatic heterocycles. The van der Waals surface area contributed by atoms with Crippen LogP contribution in [0.4, 0.5) is 0 Å². The molecular weight excluding hydrogens is 320 g/mol. The predicted octanol–water partition coefficient (Wildman–Crippen LogP) is -0.0514. The van der Waals surface area contributed by atoms with Crippen molar-refractivity contribution in [2.75, 3.05) is 59.5 Å². The highest BCUT2D eigenvalue weighted by atomic mass is 16.5. The van der Waals surface area contributed by atoms with Crippen molar-refractivity contribution in [3.05, 3.63) is 30.3 Å². The van der Waals surface area contributed by atoms with Crippen LogP contribution in [0.3, 0.4) is 0 Å². The lowest BCUT2D eigenvalue weighted by molar-refractivity contribution is -0.144. The van der Waals surface area contributed by atoms with Crippen LogP contribution in [0, 0.1) is 5.92 Å². The van der Waals surface area contributed by atoms with Crippen LogP contribution in [0.2, 0.25) is 0 Å². The topological polar surface area (TPSA) is 66.1 Å². The summed E-state index contributed by atoms with van der Waals surface area (Å²) in [4.78, 5) is 16.7. The second-order valence-electron chi connectivity index (χ2n) is 6.59. The van der Waals surface area contributed by atoms with Crippen molar-refractivity contribution in [2.24, 2.45) is 5.92 Å². The normalized spacial score (nSPS) is 25.0. The highest BCUT2D eigenvalue weighted by molar-refractivity contribution is 5.76. The van der Waals surface area contributed by atoms with Crippen LogP contribution in [0.15, 0.2) is 30.3 Å². The Kier molecular flexibility index (Phi) is 6.63. The van der Waals surface area contributed by atoms with E-state index in [1.54, 1.807) is 0 Å². The molecule has 0 radical (unpaired) electrons. The SMILES string of the molecule is COC(=O)C1NNCC1CN1CCN(CCOc2ccccc2)CC1. The summed E-state index contributed by atoms with van der Waals surface area (Å²) in [6, 6.07) is 9.69. The number of para-hydroxylation sites is 1. The van der Waals surface area contributed by atoms with Gasteiger partial charge in [0.2, 0.25) is 0 Å². The summed E-state index contributed by atoms with van der Waals surface area (Å²) < 4.78 is 10.6. The van der Waals surface area contributed by atoms with Gasteiger partial charge >= 0.3 is 5.97 Å². The van der Waals surface area contributed by atoms with Crippen molar-refractivity contribution >= 4 is 5.97 Å². The molecule has 138 valence electrons. The second-order valence-corrected chi connectivity index (χ2v) is 6.59. The van der Waals surface area contributed by atoms with E-state index in [2.05, 4.69) is 20.7 Å². The fraction of sp³-hybridized carbons (Fsp3) is 0.611. The first kappa shape index (κ1) is 18.1. The molecule has 2 heterocycles. The molecule has 3 rings (SSSR count). The molecule has 2 aliphatic rings. The molecule has 2 saturated heterocycles. The number of piperazine rings is 1. The van der Waals surface area contributed by atoms with Gasteiger partial charge in [-0.05, 0) is 12.1 Å². The zero-order valence-electron chi connectivity index (χ0n) is 14.8. The largest absolute Gasteiger partial charge is 0.492 e. The zero-order valence-corrected chi connectivity index (χ0v) is 14.8. The average Bonchev–Trinajstić information content (AvgIpc) is 3.11. The summed E-state index contributed by atoms with van der Waals surface area (Å²) in [5.41, 5.74) is 6.10. The number of nitrogens with one attached hydrogen (secondary N) is 2. The van der Waals surface area contributed by atoms with Gasteiger partial charge in [0.05, 0.1) is 7.11 Å². The molecular formula is C18H28N4O3. The highest BCUT2D eigenvalue weighted by Crippen LogP contribution is 2.14. The van der Waals surface area contributed by atoms with Crippen LogP contribution in [-0.4, -0.2) is 81.3 Å². The van der Waals surface area contributed by atoms with Gasteiger partial charge in [0.15, 0.2) is 0 Å². The molecule has 0 amide bonds. The van der Waals surface area contributed by atoms with E-state index in [0.29, 0.717) is 6.61 Å². The van der Waals surface area contributed by atoms with Gasteiger partial charge in [0.25, 0.3) is 0 Å². The molecule has 2 unspecified atom stereocenters. The fourth-order valence-corrected chi connectivity index (χ4v) is 3.42. The highest BCUT2D eigenvalue weighted by Gasteiger charge is 2.35. The molecule has 0 aromatic heterocycles.